The van der Waals surface area contributed by atoms with Crippen LogP contribution in [-0.4, -0.2) is 18.5 Å². The molecular formula is C10H13ClN2O. The fourth-order valence-corrected chi connectivity index (χ4v) is 1.60. The summed E-state index contributed by atoms with van der Waals surface area (Å²) in [6, 6.07) is 9.69. The van der Waals surface area contributed by atoms with Gasteiger partial charge < -0.3 is 23.0 Å². The highest BCUT2D eigenvalue weighted by atomic mass is 35.5. The molecule has 1 atom stereocenters. The fraction of sp³-hybridized carbons (Fsp3) is 0.300. The van der Waals surface area contributed by atoms with Gasteiger partial charge in [0.05, 0.1) is 0 Å². The van der Waals surface area contributed by atoms with Crippen molar-refractivity contribution in [2.45, 2.75) is 12.5 Å². The minimum Gasteiger partial charge on any atom is -1.00 e. The van der Waals surface area contributed by atoms with E-state index >= 15 is 0 Å². The molecule has 0 unspecified atom stereocenters. The Kier molecular flexibility index (Phi) is 3.49. The van der Waals surface area contributed by atoms with Crippen LogP contribution in [-0.2, 0) is 4.79 Å². The van der Waals surface area contributed by atoms with E-state index in [-0.39, 0.29) is 24.4 Å². The second-order valence-corrected chi connectivity index (χ2v) is 3.31. The molecule has 1 heterocycles. The van der Waals surface area contributed by atoms with Crippen LogP contribution in [0.25, 0.3) is 0 Å². The molecule has 0 radical (unpaired) electrons. The normalized spacial score (nSPS) is 20.8. The largest absolute Gasteiger partial charge is 1.00 e. The first-order valence-electron chi connectivity index (χ1n) is 4.48. The molecule has 0 aliphatic carbocycles. The van der Waals surface area contributed by atoms with E-state index in [9.17, 15) is 4.79 Å². The standard InChI is InChI=1S/C10H12N2O.ClH/c11-9-6-7-12(10(9)13)8-4-2-1-3-5-8;/h1-5,9H,6-7,11H2;1H/t9-;/m0./s1. The van der Waals surface area contributed by atoms with E-state index < -0.39 is 0 Å². The highest BCUT2D eigenvalue weighted by Crippen LogP contribution is 2.19. The molecule has 1 fully saturated rings. The van der Waals surface area contributed by atoms with Crippen molar-refractivity contribution < 1.29 is 22.9 Å². The summed E-state index contributed by atoms with van der Waals surface area (Å²) in [7, 11) is 0. The molecule has 3 nitrogen and oxygen atoms in total. The number of amides is 1. The fourth-order valence-electron chi connectivity index (χ4n) is 1.60. The second kappa shape index (κ2) is 4.44. The third kappa shape index (κ3) is 1.89. The van der Waals surface area contributed by atoms with Gasteiger partial charge in [-0.1, -0.05) is 18.2 Å². The SMILES string of the molecule is [Cl-].[NH3+][C@H]1CCN(c2ccccc2)C1=O. The van der Waals surface area contributed by atoms with Crippen molar-refractivity contribution >= 4 is 11.6 Å². The summed E-state index contributed by atoms with van der Waals surface area (Å²) in [5.74, 6) is 0.145. The first kappa shape index (κ1) is 11.0. The summed E-state index contributed by atoms with van der Waals surface area (Å²) in [6.45, 7) is 0.803. The van der Waals surface area contributed by atoms with Crippen LogP contribution in [0.4, 0.5) is 5.69 Å². The van der Waals surface area contributed by atoms with Gasteiger partial charge in [0, 0.05) is 18.7 Å². The van der Waals surface area contributed by atoms with Crippen LogP contribution in [0.5, 0.6) is 0 Å². The van der Waals surface area contributed by atoms with Crippen molar-refractivity contribution in [2.24, 2.45) is 0 Å². The maximum absolute atomic E-state index is 11.6. The van der Waals surface area contributed by atoms with Gasteiger partial charge >= 0.3 is 0 Å². The second-order valence-electron chi connectivity index (χ2n) is 3.31. The quantitative estimate of drug-likeness (QED) is 0.532. The van der Waals surface area contributed by atoms with Crippen LogP contribution >= 0.6 is 0 Å². The molecule has 1 aliphatic rings. The van der Waals surface area contributed by atoms with Gasteiger partial charge in [0.2, 0.25) is 0 Å². The van der Waals surface area contributed by atoms with Crippen LogP contribution in [0, 0.1) is 0 Å². The first-order valence-corrected chi connectivity index (χ1v) is 4.48. The Bertz CT molecular complexity index is 315. The maximum Gasteiger partial charge on any atom is 0.285 e. The van der Waals surface area contributed by atoms with Gasteiger partial charge in [-0.15, -0.1) is 0 Å². The van der Waals surface area contributed by atoms with Crippen LogP contribution in [0.2, 0.25) is 0 Å². The predicted molar refractivity (Wildman–Crippen MR) is 50.1 cm³/mol. The van der Waals surface area contributed by atoms with Crippen molar-refractivity contribution in [2.75, 3.05) is 11.4 Å². The molecular weight excluding hydrogens is 200 g/mol. The Balaban J connectivity index is 0.000000980. The molecule has 2 rings (SSSR count). The molecule has 1 aromatic carbocycles. The highest BCUT2D eigenvalue weighted by molar-refractivity contribution is 5.98. The topological polar surface area (TPSA) is 48.0 Å². The van der Waals surface area contributed by atoms with Crippen LogP contribution < -0.4 is 23.0 Å². The molecule has 14 heavy (non-hydrogen) atoms. The van der Waals surface area contributed by atoms with E-state index in [1.165, 1.54) is 0 Å². The van der Waals surface area contributed by atoms with E-state index in [2.05, 4.69) is 5.73 Å². The number of anilines is 1. The summed E-state index contributed by atoms with van der Waals surface area (Å²) in [6.07, 6.45) is 0.869. The maximum atomic E-state index is 11.6. The van der Waals surface area contributed by atoms with Crippen LogP contribution in [0.3, 0.4) is 0 Å². The molecule has 0 aromatic heterocycles. The van der Waals surface area contributed by atoms with Crippen molar-refractivity contribution in [1.82, 2.24) is 0 Å². The van der Waals surface area contributed by atoms with E-state index in [4.69, 9.17) is 0 Å². The molecule has 1 aromatic rings. The minimum atomic E-state index is -0.0554. The molecule has 1 aliphatic heterocycles. The molecule has 0 saturated carbocycles. The lowest BCUT2D eigenvalue weighted by atomic mass is 10.3. The monoisotopic (exact) mass is 212 g/mol. The number of benzene rings is 1. The van der Waals surface area contributed by atoms with Crippen molar-refractivity contribution in [3.05, 3.63) is 30.3 Å². The third-order valence-corrected chi connectivity index (χ3v) is 2.38. The highest BCUT2D eigenvalue weighted by Gasteiger charge is 2.32. The van der Waals surface area contributed by atoms with Gasteiger partial charge in [0.1, 0.15) is 0 Å². The van der Waals surface area contributed by atoms with Gasteiger partial charge in [0.25, 0.3) is 5.91 Å². The van der Waals surface area contributed by atoms with Gasteiger partial charge in [0.15, 0.2) is 6.04 Å². The van der Waals surface area contributed by atoms with Gasteiger partial charge in [-0.2, -0.15) is 0 Å². The number of nitrogens with zero attached hydrogens (tertiary/aromatic N) is 1. The summed E-state index contributed by atoms with van der Waals surface area (Å²) < 4.78 is 0. The molecule has 1 saturated heterocycles. The Morgan fingerprint density at radius 3 is 2.43 bits per heavy atom. The van der Waals surface area contributed by atoms with Gasteiger partial charge in [-0.3, -0.25) is 4.79 Å². The molecule has 4 heteroatoms. The Labute approximate surface area is 89.3 Å². The van der Waals surface area contributed by atoms with Gasteiger partial charge in [-0.05, 0) is 12.1 Å². The number of para-hydroxylation sites is 1. The minimum absolute atomic E-state index is 0. The molecule has 76 valence electrons. The summed E-state index contributed by atoms with van der Waals surface area (Å²) >= 11 is 0. The zero-order valence-corrected chi connectivity index (χ0v) is 8.57. The lowest BCUT2D eigenvalue weighted by Gasteiger charge is -2.14. The number of hydrogen-bond donors (Lipinski definition) is 1. The molecule has 0 bridgehead atoms. The van der Waals surface area contributed by atoms with E-state index in [1.807, 2.05) is 30.3 Å². The molecule has 3 N–H and O–H groups in total. The number of hydrogen-bond acceptors (Lipinski definition) is 1. The Morgan fingerprint density at radius 2 is 1.93 bits per heavy atom. The number of carbonyl (C=O) groups excluding carboxylic acids is 1. The summed E-state index contributed by atoms with van der Waals surface area (Å²) in [5.41, 5.74) is 4.79. The zero-order valence-electron chi connectivity index (χ0n) is 7.82. The third-order valence-electron chi connectivity index (χ3n) is 2.38. The van der Waals surface area contributed by atoms with Crippen LogP contribution in [0.1, 0.15) is 6.42 Å². The number of rotatable bonds is 1. The van der Waals surface area contributed by atoms with E-state index in [1.54, 1.807) is 4.90 Å². The van der Waals surface area contributed by atoms with Gasteiger partial charge in [-0.25, -0.2) is 0 Å². The molecule has 1 amide bonds. The predicted octanol–water partition coefficient (Wildman–Crippen LogP) is -2.96. The van der Waals surface area contributed by atoms with E-state index in [0.29, 0.717) is 0 Å². The van der Waals surface area contributed by atoms with Crippen LogP contribution in [0.15, 0.2) is 30.3 Å². The number of carbonyl (C=O) groups is 1. The Hall–Kier alpha value is -1.06. The Morgan fingerprint density at radius 1 is 1.29 bits per heavy atom. The smallest absolute Gasteiger partial charge is 0.285 e. The van der Waals surface area contributed by atoms with Crippen molar-refractivity contribution in [3.8, 4) is 0 Å². The molecule has 0 spiro atoms. The zero-order chi connectivity index (χ0) is 9.26. The van der Waals surface area contributed by atoms with Crippen molar-refractivity contribution in [3.63, 3.8) is 0 Å². The lowest BCUT2D eigenvalue weighted by Crippen LogP contribution is -3.00. The number of halogens is 1. The van der Waals surface area contributed by atoms with Crippen molar-refractivity contribution in [1.29, 1.82) is 0 Å². The first-order chi connectivity index (χ1) is 6.29. The van der Waals surface area contributed by atoms with E-state index in [0.717, 1.165) is 18.7 Å². The summed E-state index contributed by atoms with van der Waals surface area (Å²) in [4.78, 5) is 13.4. The lowest BCUT2D eigenvalue weighted by molar-refractivity contribution is -0.400. The average molecular weight is 213 g/mol. The summed E-state index contributed by atoms with van der Waals surface area (Å²) in [5, 5.41) is 0. The number of quaternary nitrogens is 1. The average Bonchev–Trinajstić information content (AvgIpc) is 2.49.